The molecule has 12 heteroatoms. The number of ether oxygens (including phenoxy) is 2. The third-order valence-corrected chi connectivity index (χ3v) is 7.64. The van der Waals surface area contributed by atoms with E-state index in [9.17, 15) is 14.4 Å². The van der Waals surface area contributed by atoms with Gasteiger partial charge in [0.05, 0.1) is 43.5 Å². The highest BCUT2D eigenvalue weighted by Gasteiger charge is 2.37. The maximum absolute atomic E-state index is 13.4. The second-order valence-corrected chi connectivity index (χ2v) is 10.9. The number of anilines is 1. The molecule has 3 heterocycles. The van der Waals surface area contributed by atoms with Crippen molar-refractivity contribution in [3.63, 3.8) is 0 Å². The van der Waals surface area contributed by atoms with Gasteiger partial charge in [-0.15, -0.1) is 0 Å². The van der Waals surface area contributed by atoms with Gasteiger partial charge in [-0.1, -0.05) is 62.4 Å². The molecule has 0 aliphatic carbocycles. The number of alkyl carbamates (subject to hydrolysis) is 1. The van der Waals surface area contributed by atoms with Gasteiger partial charge in [-0.2, -0.15) is 0 Å². The first-order valence-electron chi connectivity index (χ1n) is 14.7. The van der Waals surface area contributed by atoms with Crippen LogP contribution < -0.4 is 10.6 Å². The van der Waals surface area contributed by atoms with Gasteiger partial charge in [0, 0.05) is 6.54 Å². The highest BCUT2D eigenvalue weighted by atomic mass is 16.5. The number of H-pyrrole nitrogens is 2. The van der Waals surface area contributed by atoms with Crippen LogP contribution in [0.1, 0.15) is 45.5 Å². The van der Waals surface area contributed by atoms with Crippen LogP contribution in [0.15, 0.2) is 60.9 Å². The Labute approximate surface area is 255 Å². The summed E-state index contributed by atoms with van der Waals surface area (Å²) in [5.74, 6) is 0.818. The molecule has 2 aromatic heterocycles. The zero-order valence-corrected chi connectivity index (χ0v) is 25.2. The molecule has 2 unspecified atom stereocenters. The third kappa shape index (κ3) is 6.74. The van der Waals surface area contributed by atoms with Gasteiger partial charge < -0.3 is 29.7 Å². The van der Waals surface area contributed by atoms with E-state index in [4.69, 9.17) is 9.47 Å². The van der Waals surface area contributed by atoms with Crippen LogP contribution >= 0.6 is 0 Å². The van der Waals surface area contributed by atoms with Crippen LogP contribution in [-0.2, 0) is 14.3 Å². The SMILES string of the molecule is CCOC(=O)Nc1ncc(-c2ccc(-c3ccc(-c4cnc(C5CCCN5C(=O)C(NC(=O)OC)C(C)C)[nH]4)cc3)cc2)[nH]1. The quantitative estimate of drug-likeness (QED) is 0.191. The van der Waals surface area contributed by atoms with Crippen molar-refractivity contribution in [2.75, 3.05) is 25.6 Å². The molecule has 1 saturated heterocycles. The van der Waals surface area contributed by atoms with E-state index < -0.39 is 18.2 Å². The minimum atomic E-state index is -0.676. The van der Waals surface area contributed by atoms with Crippen molar-refractivity contribution in [3.05, 3.63) is 66.7 Å². The summed E-state index contributed by atoms with van der Waals surface area (Å²) in [5, 5.41) is 5.24. The number of benzene rings is 2. The Morgan fingerprint density at radius 2 is 1.50 bits per heavy atom. The van der Waals surface area contributed by atoms with E-state index in [-0.39, 0.29) is 24.5 Å². The van der Waals surface area contributed by atoms with Gasteiger partial charge in [0.15, 0.2) is 0 Å². The van der Waals surface area contributed by atoms with Gasteiger partial charge in [-0.25, -0.2) is 19.6 Å². The molecule has 2 aromatic carbocycles. The summed E-state index contributed by atoms with van der Waals surface area (Å²) in [5.41, 5.74) is 5.65. The number of hydrogen-bond acceptors (Lipinski definition) is 7. The van der Waals surface area contributed by atoms with Crippen molar-refractivity contribution < 1.29 is 23.9 Å². The number of rotatable bonds is 9. The van der Waals surface area contributed by atoms with E-state index in [2.05, 4.69) is 42.7 Å². The Balaban J connectivity index is 1.25. The number of hydrogen-bond donors (Lipinski definition) is 4. The molecule has 0 spiro atoms. The smallest absolute Gasteiger partial charge is 0.413 e. The lowest BCUT2D eigenvalue weighted by atomic mass is 10.0. The topological polar surface area (TPSA) is 154 Å². The minimum Gasteiger partial charge on any atom is -0.453 e. The first-order chi connectivity index (χ1) is 21.3. The lowest BCUT2D eigenvalue weighted by Gasteiger charge is -2.30. The van der Waals surface area contributed by atoms with E-state index in [1.54, 1.807) is 24.2 Å². The summed E-state index contributed by atoms with van der Waals surface area (Å²) in [4.78, 5) is 54.0. The van der Waals surface area contributed by atoms with E-state index >= 15 is 0 Å². The number of amides is 3. The lowest BCUT2D eigenvalue weighted by Crippen LogP contribution is -2.51. The fraction of sp³-hybridized carbons (Fsp3) is 0.344. The van der Waals surface area contributed by atoms with Gasteiger partial charge in [0.1, 0.15) is 11.9 Å². The van der Waals surface area contributed by atoms with Crippen LogP contribution in [0.25, 0.3) is 33.6 Å². The van der Waals surface area contributed by atoms with Gasteiger partial charge in [-0.3, -0.25) is 10.1 Å². The molecule has 2 atom stereocenters. The number of aromatic nitrogens is 4. The molecule has 4 aromatic rings. The molecular weight excluding hydrogens is 562 g/mol. The summed E-state index contributed by atoms with van der Waals surface area (Å²) >= 11 is 0. The molecule has 0 radical (unpaired) electrons. The largest absolute Gasteiger partial charge is 0.453 e. The van der Waals surface area contributed by atoms with Crippen LogP contribution in [0.5, 0.6) is 0 Å². The number of imidazole rings is 2. The van der Waals surface area contributed by atoms with Crippen LogP contribution in [-0.4, -0.2) is 69.2 Å². The monoisotopic (exact) mass is 599 g/mol. The average Bonchev–Trinajstić information content (AvgIpc) is 3.81. The van der Waals surface area contributed by atoms with Crippen molar-refractivity contribution in [1.82, 2.24) is 30.2 Å². The third-order valence-electron chi connectivity index (χ3n) is 7.64. The summed E-state index contributed by atoms with van der Waals surface area (Å²) in [7, 11) is 1.29. The Morgan fingerprint density at radius 1 is 0.909 bits per heavy atom. The number of likely N-dealkylation sites (tertiary alicyclic amines) is 1. The summed E-state index contributed by atoms with van der Waals surface area (Å²) in [6, 6.07) is 15.4. The number of carbonyl (C=O) groups is 3. The maximum Gasteiger partial charge on any atom is 0.413 e. The van der Waals surface area contributed by atoms with Crippen LogP contribution in [0.3, 0.4) is 0 Å². The fourth-order valence-corrected chi connectivity index (χ4v) is 5.33. The predicted molar refractivity (Wildman–Crippen MR) is 166 cm³/mol. The zero-order chi connectivity index (χ0) is 31.2. The van der Waals surface area contributed by atoms with E-state index in [1.165, 1.54) is 7.11 Å². The minimum absolute atomic E-state index is 0.0943. The van der Waals surface area contributed by atoms with Crippen molar-refractivity contribution in [2.24, 2.45) is 5.92 Å². The first-order valence-corrected chi connectivity index (χ1v) is 14.7. The normalized spacial score (nSPS) is 15.2. The van der Waals surface area contributed by atoms with Crippen molar-refractivity contribution >= 4 is 24.0 Å². The Morgan fingerprint density at radius 3 is 2.09 bits per heavy atom. The molecule has 5 rings (SSSR count). The van der Waals surface area contributed by atoms with Gasteiger partial charge >= 0.3 is 12.2 Å². The molecule has 44 heavy (non-hydrogen) atoms. The molecule has 230 valence electrons. The highest BCUT2D eigenvalue weighted by molar-refractivity contribution is 5.86. The molecule has 3 amide bonds. The summed E-state index contributed by atoms with van der Waals surface area (Å²) in [6.45, 7) is 6.42. The molecule has 1 aliphatic rings. The Hall–Kier alpha value is -5.13. The number of carbonyl (C=O) groups excluding carboxylic acids is 3. The number of methoxy groups -OCH3 is 1. The summed E-state index contributed by atoms with van der Waals surface area (Å²) in [6.07, 6.45) is 3.92. The molecular formula is C32H37N7O5. The van der Waals surface area contributed by atoms with Crippen LogP contribution in [0.4, 0.5) is 15.5 Å². The van der Waals surface area contributed by atoms with Crippen LogP contribution in [0, 0.1) is 5.92 Å². The lowest BCUT2D eigenvalue weighted by molar-refractivity contribution is -0.135. The van der Waals surface area contributed by atoms with Gasteiger partial charge in [0.2, 0.25) is 11.9 Å². The molecule has 0 bridgehead atoms. The second kappa shape index (κ2) is 13.4. The maximum atomic E-state index is 13.4. The molecule has 0 saturated carbocycles. The fourth-order valence-electron chi connectivity index (χ4n) is 5.33. The molecule has 12 nitrogen and oxygen atoms in total. The standard InChI is InChI=1S/C32H37N7O5/c1-5-44-32(42)38-30-34-18-25(36-30)23-14-10-21(11-15-23)20-8-12-22(13-9-20)24-17-33-28(35-24)26-7-6-16-39(26)29(40)27(19(2)3)37-31(41)43-4/h8-15,17-19,26-27H,5-7,16H2,1-4H3,(H,33,35)(H,37,41)(H2,34,36,38,42). The molecule has 4 N–H and O–H groups in total. The number of nitrogens with one attached hydrogen (secondary N) is 4. The van der Waals surface area contributed by atoms with E-state index in [0.29, 0.717) is 12.5 Å². The van der Waals surface area contributed by atoms with Crippen molar-refractivity contribution in [2.45, 2.75) is 45.7 Å². The molecule has 1 aliphatic heterocycles. The zero-order valence-electron chi connectivity index (χ0n) is 25.2. The van der Waals surface area contributed by atoms with Crippen molar-refractivity contribution in [1.29, 1.82) is 0 Å². The van der Waals surface area contributed by atoms with E-state index in [0.717, 1.165) is 52.3 Å². The van der Waals surface area contributed by atoms with Gasteiger partial charge in [0.25, 0.3) is 0 Å². The average molecular weight is 600 g/mol. The van der Waals surface area contributed by atoms with Gasteiger partial charge in [-0.05, 0) is 47.9 Å². The summed E-state index contributed by atoms with van der Waals surface area (Å²) < 4.78 is 9.61. The second-order valence-electron chi connectivity index (χ2n) is 10.9. The predicted octanol–water partition coefficient (Wildman–Crippen LogP) is 5.75. The number of aromatic amines is 2. The Kier molecular flexibility index (Phi) is 9.27. The van der Waals surface area contributed by atoms with Crippen molar-refractivity contribution in [3.8, 4) is 33.6 Å². The van der Waals surface area contributed by atoms with Crippen LogP contribution in [0.2, 0.25) is 0 Å². The Bertz CT molecular complexity index is 1590. The highest BCUT2D eigenvalue weighted by Crippen LogP contribution is 2.33. The van der Waals surface area contributed by atoms with E-state index in [1.807, 2.05) is 50.2 Å². The first kappa shape index (κ1) is 30.3. The molecule has 1 fully saturated rings. The number of nitrogens with zero attached hydrogens (tertiary/aromatic N) is 3.